The van der Waals surface area contributed by atoms with Crippen LogP contribution in [0.3, 0.4) is 0 Å². The minimum atomic E-state index is 0.743. The van der Waals surface area contributed by atoms with Crippen molar-refractivity contribution in [1.29, 1.82) is 0 Å². The van der Waals surface area contributed by atoms with Gasteiger partial charge in [-0.25, -0.2) is 0 Å². The first-order valence-electron chi connectivity index (χ1n) is 7.99. The van der Waals surface area contributed by atoms with Crippen molar-refractivity contribution >= 4 is 0 Å². The summed E-state index contributed by atoms with van der Waals surface area (Å²) in [4.78, 5) is 2.48. The third kappa shape index (κ3) is 6.04. The quantitative estimate of drug-likeness (QED) is 0.678. The highest BCUT2D eigenvalue weighted by atomic mass is 16.5. The second kappa shape index (κ2) is 9.03. The number of methoxy groups -OCH3 is 1. The summed E-state index contributed by atoms with van der Waals surface area (Å²) in [5.41, 5.74) is 1.30. The number of hydrogen-bond donors (Lipinski definition) is 1. The van der Waals surface area contributed by atoms with Crippen molar-refractivity contribution in [1.82, 2.24) is 10.2 Å². The minimum absolute atomic E-state index is 0.743. The van der Waals surface area contributed by atoms with Crippen LogP contribution in [0.5, 0.6) is 5.75 Å². The van der Waals surface area contributed by atoms with Crippen LogP contribution in [0.25, 0.3) is 0 Å². The van der Waals surface area contributed by atoms with E-state index in [-0.39, 0.29) is 0 Å². The normalized spacial score (nSPS) is 14.6. The molecule has 0 spiro atoms. The largest absolute Gasteiger partial charge is 0.492 e. The molecule has 2 rings (SSSR count). The summed E-state index contributed by atoms with van der Waals surface area (Å²) >= 11 is 0. The summed E-state index contributed by atoms with van der Waals surface area (Å²) in [6.07, 6.45) is 2.64. The Labute approximate surface area is 128 Å². The number of benzene rings is 1. The van der Waals surface area contributed by atoms with Crippen molar-refractivity contribution in [3.63, 3.8) is 0 Å². The van der Waals surface area contributed by atoms with Crippen molar-refractivity contribution in [3.05, 3.63) is 29.8 Å². The van der Waals surface area contributed by atoms with E-state index in [9.17, 15) is 0 Å². The molecule has 4 heteroatoms. The molecule has 0 atom stereocenters. The lowest BCUT2D eigenvalue weighted by Crippen LogP contribution is -2.33. The number of rotatable bonds is 11. The molecule has 0 bridgehead atoms. The lowest BCUT2D eigenvalue weighted by Gasteiger charge is -2.21. The molecule has 1 aliphatic rings. The Kier molecular flexibility index (Phi) is 7.00. The molecule has 1 fully saturated rings. The molecule has 1 aromatic rings. The zero-order chi connectivity index (χ0) is 14.9. The molecule has 0 aromatic heterocycles. The van der Waals surface area contributed by atoms with Crippen LogP contribution in [0.4, 0.5) is 0 Å². The Morgan fingerprint density at radius 3 is 2.48 bits per heavy atom. The van der Waals surface area contributed by atoms with E-state index in [1.807, 2.05) is 0 Å². The van der Waals surface area contributed by atoms with Crippen LogP contribution in [0, 0.1) is 0 Å². The van der Waals surface area contributed by atoms with Gasteiger partial charge in [0.25, 0.3) is 0 Å². The lowest BCUT2D eigenvalue weighted by molar-refractivity contribution is 0.130. The van der Waals surface area contributed by atoms with Crippen molar-refractivity contribution in [2.45, 2.75) is 32.4 Å². The van der Waals surface area contributed by atoms with E-state index >= 15 is 0 Å². The van der Waals surface area contributed by atoms with Crippen LogP contribution in [-0.2, 0) is 11.3 Å². The van der Waals surface area contributed by atoms with Gasteiger partial charge in [0.15, 0.2) is 0 Å². The van der Waals surface area contributed by atoms with E-state index in [4.69, 9.17) is 9.47 Å². The van der Waals surface area contributed by atoms with Gasteiger partial charge in [-0.1, -0.05) is 19.1 Å². The zero-order valence-electron chi connectivity index (χ0n) is 13.3. The van der Waals surface area contributed by atoms with Crippen LogP contribution >= 0.6 is 0 Å². The van der Waals surface area contributed by atoms with Gasteiger partial charge in [0.1, 0.15) is 12.4 Å². The van der Waals surface area contributed by atoms with Gasteiger partial charge in [-0.2, -0.15) is 0 Å². The first kappa shape index (κ1) is 16.3. The molecule has 1 N–H and O–H groups in total. The van der Waals surface area contributed by atoms with Gasteiger partial charge in [-0.3, -0.25) is 4.90 Å². The molecule has 4 nitrogen and oxygen atoms in total. The topological polar surface area (TPSA) is 33.7 Å². The molecule has 118 valence electrons. The van der Waals surface area contributed by atoms with Crippen LogP contribution in [0.15, 0.2) is 24.3 Å². The summed E-state index contributed by atoms with van der Waals surface area (Å²) < 4.78 is 11.0. The molecule has 0 heterocycles. The molecule has 0 amide bonds. The van der Waals surface area contributed by atoms with Gasteiger partial charge in [0.05, 0.1) is 6.61 Å². The Morgan fingerprint density at radius 2 is 1.86 bits per heavy atom. The molecule has 1 aromatic carbocycles. The fourth-order valence-corrected chi connectivity index (χ4v) is 2.38. The predicted molar refractivity (Wildman–Crippen MR) is 85.8 cm³/mol. The molecular weight excluding hydrogens is 264 g/mol. The van der Waals surface area contributed by atoms with Gasteiger partial charge in [-0.15, -0.1) is 0 Å². The molecule has 0 radical (unpaired) electrons. The van der Waals surface area contributed by atoms with E-state index in [1.54, 1.807) is 7.11 Å². The van der Waals surface area contributed by atoms with Crippen molar-refractivity contribution in [3.8, 4) is 5.75 Å². The summed E-state index contributed by atoms with van der Waals surface area (Å²) in [5.74, 6) is 0.956. The summed E-state index contributed by atoms with van der Waals surface area (Å²) in [6, 6.07) is 9.13. The highest BCUT2D eigenvalue weighted by molar-refractivity contribution is 5.27. The van der Waals surface area contributed by atoms with Gasteiger partial charge in [-0.05, 0) is 37.1 Å². The average molecular weight is 292 g/mol. The summed E-state index contributed by atoms with van der Waals surface area (Å²) in [5, 5.41) is 3.32. The van der Waals surface area contributed by atoms with Crippen molar-refractivity contribution < 1.29 is 9.47 Å². The van der Waals surface area contributed by atoms with Crippen LogP contribution < -0.4 is 10.1 Å². The average Bonchev–Trinajstić information content (AvgIpc) is 3.34. The van der Waals surface area contributed by atoms with Gasteiger partial charge < -0.3 is 14.8 Å². The monoisotopic (exact) mass is 292 g/mol. The first-order valence-corrected chi connectivity index (χ1v) is 7.99. The van der Waals surface area contributed by atoms with Gasteiger partial charge in [0, 0.05) is 32.8 Å². The Morgan fingerprint density at radius 1 is 1.14 bits per heavy atom. The maximum absolute atomic E-state index is 5.85. The number of nitrogens with one attached hydrogen (secondary N) is 1. The fourth-order valence-electron chi connectivity index (χ4n) is 2.38. The number of hydrogen-bond acceptors (Lipinski definition) is 4. The highest BCUT2D eigenvalue weighted by Crippen LogP contribution is 2.26. The molecule has 0 unspecified atom stereocenters. The number of nitrogens with zero attached hydrogens (tertiary/aromatic N) is 1. The highest BCUT2D eigenvalue weighted by Gasteiger charge is 2.28. The third-order valence-corrected chi connectivity index (χ3v) is 3.80. The maximum Gasteiger partial charge on any atom is 0.119 e. The SMILES string of the molecule is CCNCc1ccc(OCCN(CCOC)C2CC2)cc1. The molecule has 1 aliphatic carbocycles. The van der Waals surface area contributed by atoms with Crippen LogP contribution in [0.2, 0.25) is 0 Å². The maximum atomic E-state index is 5.85. The molecule has 21 heavy (non-hydrogen) atoms. The fraction of sp³-hybridized carbons (Fsp3) is 0.647. The second-order valence-corrected chi connectivity index (χ2v) is 5.53. The Bertz CT molecular complexity index is 390. The van der Waals surface area contributed by atoms with E-state index in [1.165, 1.54) is 18.4 Å². The smallest absolute Gasteiger partial charge is 0.119 e. The third-order valence-electron chi connectivity index (χ3n) is 3.80. The Hall–Kier alpha value is -1.10. The van der Waals surface area contributed by atoms with Crippen molar-refractivity contribution in [2.24, 2.45) is 0 Å². The van der Waals surface area contributed by atoms with Crippen molar-refractivity contribution in [2.75, 3.05) is 40.0 Å². The molecule has 0 saturated heterocycles. The van der Waals surface area contributed by atoms with Crippen LogP contribution in [-0.4, -0.2) is 50.9 Å². The molecular formula is C17H28N2O2. The lowest BCUT2D eigenvalue weighted by atomic mass is 10.2. The van der Waals surface area contributed by atoms with E-state index in [2.05, 4.69) is 41.4 Å². The summed E-state index contributed by atoms with van der Waals surface area (Å²) in [6.45, 7) is 7.56. The van der Waals surface area contributed by atoms with Gasteiger partial charge in [0.2, 0.25) is 0 Å². The standard InChI is InChI=1S/C17H28N2O2/c1-3-18-14-15-4-8-17(9-5-15)21-13-11-19(10-12-20-2)16-6-7-16/h4-5,8-9,16,18H,3,6-7,10-14H2,1-2H3. The van der Waals surface area contributed by atoms with Gasteiger partial charge >= 0.3 is 0 Å². The zero-order valence-corrected chi connectivity index (χ0v) is 13.3. The van der Waals surface area contributed by atoms with E-state index in [0.717, 1.165) is 51.2 Å². The second-order valence-electron chi connectivity index (χ2n) is 5.53. The number of ether oxygens (including phenoxy) is 2. The predicted octanol–water partition coefficient (Wildman–Crippen LogP) is 2.29. The van der Waals surface area contributed by atoms with Crippen LogP contribution in [0.1, 0.15) is 25.3 Å². The summed E-state index contributed by atoms with van der Waals surface area (Å²) in [7, 11) is 1.76. The molecule has 1 saturated carbocycles. The molecule has 0 aliphatic heterocycles. The van der Waals surface area contributed by atoms with E-state index in [0.29, 0.717) is 0 Å². The first-order chi connectivity index (χ1) is 10.3. The minimum Gasteiger partial charge on any atom is -0.492 e. The van der Waals surface area contributed by atoms with E-state index < -0.39 is 0 Å². The Balaban J connectivity index is 1.69.